The summed E-state index contributed by atoms with van der Waals surface area (Å²) in [6.45, 7) is 2.57. The molecule has 0 aliphatic carbocycles. The van der Waals surface area contributed by atoms with Crippen molar-refractivity contribution in [2.45, 2.75) is 19.8 Å². The van der Waals surface area contributed by atoms with Crippen LogP contribution in [-0.4, -0.2) is 18.3 Å². The largest absolute Gasteiger partial charge is 0.353 e. The minimum Gasteiger partial charge on any atom is -0.353 e. The van der Waals surface area contributed by atoms with Crippen LogP contribution in [0.2, 0.25) is 0 Å². The molecule has 0 aromatic rings. The molecule has 0 saturated heterocycles. The first-order valence-corrected chi connectivity index (χ1v) is 4.32. The Hall–Kier alpha value is -0.500. The number of carbonyl (C=O) groups is 1. The number of amides is 1. The Morgan fingerprint density at radius 1 is 1.55 bits per heavy atom. The predicted molar refractivity (Wildman–Crippen MR) is 47.8 cm³/mol. The number of hydrogen-bond acceptors (Lipinski definition) is 1. The first-order chi connectivity index (χ1) is 5.31. The maximum atomic E-state index is 10.8. The Kier molecular flexibility index (Phi) is 7.26. The van der Waals surface area contributed by atoms with Gasteiger partial charge in [-0.05, 0) is 6.42 Å². The SMILES string of the molecule is CCCC(=O)NC/C=C/CCl. The fraction of sp³-hybridized carbons (Fsp3) is 0.625. The smallest absolute Gasteiger partial charge is 0.220 e. The number of allylic oxidation sites excluding steroid dienone is 1. The summed E-state index contributed by atoms with van der Waals surface area (Å²) in [5.41, 5.74) is 0. The minimum atomic E-state index is 0.103. The van der Waals surface area contributed by atoms with E-state index >= 15 is 0 Å². The van der Waals surface area contributed by atoms with Gasteiger partial charge in [-0.25, -0.2) is 0 Å². The first kappa shape index (κ1) is 10.5. The number of hydrogen-bond donors (Lipinski definition) is 1. The molecule has 0 radical (unpaired) electrons. The van der Waals surface area contributed by atoms with Gasteiger partial charge in [0.25, 0.3) is 0 Å². The van der Waals surface area contributed by atoms with Crippen LogP contribution in [0.3, 0.4) is 0 Å². The molecule has 0 bridgehead atoms. The van der Waals surface area contributed by atoms with Gasteiger partial charge in [0.05, 0.1) is 0 Å². The number of alkyl halides is 1. The quantitative estimate of drug-likeness (QED) is 0.500. The minimum absolute atomic E-state index is 0.103. The van der Waals surface area contributed by atoms with Crippen molar-refractivity contribution < 1.29 is 4.79 Å². The van der Waals surface area contributed by atoms with Crippen LogP contribution in [0.25, 0.3) is 0 Å². The van der Waals surface area contributed by atoms with Crippen molar-refractivity contribution >= 4 is 17.5 Å². The summed E-state index contributed by atoms with van der Waals surface area (Å²) >= 11 is 5.38. The fourth-order valence-corrected chi connectivity index (χ4v) is 0.761. The van der Waals surface area contributed by atoms with Crippen LogP contribution in [0.5, 0.6) is 0 Å². The summed E-state index contributed by atoms with van der Waals surface area (Å²) in [7, 11) is 0. The van der Waals surface area contributed by atoms with Gasteiger partial charge in [-0.3, -0.25) is 4.79 Å². The topological polar surface area (TPSA) is 29.1 Å². The van der Waals surface area contributed by atoms with Crippen molar-refractivity contribution in [2.24, 2.45) is 0 Å². The van der Waals surface area contributed by atoms with E-state index in [-0.39, 0.29) is 5.91 Å². The Bertz CT molecular complexity index is 134. The van der Waals surface area contributed by atoms with Crippen LogP contribution in [0.4, 0.5) is 0 Å². The van der Waals surface area contributed by atoms with Gasteiger partial charge < -0.3 is 5.32 Å². The van der Waals surface area contributed by atoms with Crippen molar-refractivity contribution in [3.05, 3.63) is 12.2 Å². The summed E-state index contributed by atoms with van der Waals surface area (Å²) < 4.78 is 0. The zero-order chi connectivity index (χ0) is 8.53. The van der Waals surface area contributed by atoms with E-state index in [1.807, 2.05) is 19.1 Å². The van der Waals surface area contributed by atoms with Crippen molar-refractivity contribution in [2.75, 3.05) is 12.4 Å². The van der Waals surface area contributed by atoms with Gasteiger partial charge >= 0.3 is 0 Å². The summed E-state index contributed by atoms with van der Waals surface area (Å²) in [4.78, 5) is 10.8. The lowest BCUT2D eigenvalue weighted by atomic mass is 10.3. The van der Waals surface area contributed by atoms with E-state index in [9.17, 15) is 4.79 Å². The normalized spacial score (nSPS) is 10.4. The monoisotopic (exact) mass is 175 g/mol. The van der Waals surface area contributed by atoms with Gasteiger partial charge in [0, 0.05) is 18.8 Å². The molecular weight excluding hydrogens is 162 g/mol. The number of nitrogens with one attached hydrogen (secondary N) is 1. The average Bonchev–Trinajstić information content (AvgIpc) is 1.99. The second kappa shape index (κ2) is 7.61. The molecule has 0 aliphatic heterocycles. The standard InChI is InChI=1S/C8H14ClNO/c1-2-5-8(11)10-7-4-3-6-9/h3-4H,2,5-7H2,1H3,(H,10,11)/b4-3+. The molecule has 0 heterocycles. The maximum absolute atomic E-state index is 10.8. The van der Waals surface area contributed by atoms with E-state index in [0.29, 0.717) is 18.8 Å². The second-order valence-corrected chi connectivity index (χ2v) is 2.49. The Balaban J connectivity index is 3.24. The van der Waals surface area contributed by atoms with E-state index in [4.69, 9.17) is 11.6 Å². The van der Waals surface area contributed by atoms with E-state index in [2.05, 4.69) is 5.32 Å². The zero-order valence-electron chi connectivity index (χ0n) is 6.77. The molecule has 0 unspecified atom stereocenters. The van der Waals surface area contributed by atoms with E-state index in [1.54, 1.807) is 0 Å². The highest BCUT2D eigenvalue weighted by atomic mass is 35.5. The van der Waals surface area contributed by atoms with Crippen molar-refractivity contribution in [3.63, 3.8) is 0 Å². The summed E-state index contributed by atoms with van der Waals surface area (Å²) in [6.07, 6.45) is 5.16. The van der Waals surface area contributed by atoms with Gasteiger partial charge in [-0.15, -0.1) is 11.6 Å². The van der Waals surface area contributed by atoms with Crippen molar-refractivity contribution in [1.29, 1.82) is 0 Å². The third kappa shape index (κ3) is 7.40. The summed E-state index contributed by atoms with van der Waals surface area (Å²) in [5.74, 6) is 0.607. The third-order valence-electron chi connectivity index (χ3n) is 1.15. The first-order valence-electron chi connectivity index (χ1n) is 3.79. The van der Waals surface area contributed by atoms with Gasteiger partial charge in [-0.2, -0.15) is 0 Å². The molecule has 0 saturated carbocycles. The Morgan fingerprint density at radius 2 is 2.27 bits per heavy atom. The fourth-order valence-electron chi connectivity index (χ4n) is 0.635. The van der Waals surface area contributed by atoms with E-state index in [1.165, 1.54) is 0 Å². The highest BCUT2D eigenvalue weighted by Gasteiger charge is 1.93. The molecule has 0 rings (SSSR count). The van der Waals surface area contributed by atoms with E-state index < -0.39 is 0 Å². The summed E-state index contributed by atoms with van der Waals surface area (Å²) in [6, 6.07) is 0. The predicted octanol–water partition coefficient (Wildman–Crippen LogP) is 1.70. The van der Waals surface area contributed by atoms with Crippen LogP contribution >= 0.6 is 11.6 Å². The lowest BCUT2D eigenvalue weighted by molar-refractivity contribution is -0.120. The number of halogens is 1. The van der Waals surface area contributed by atoms with Gasteiger partial charge in [-0.1, -0.05) is 19.1 Å². The van der Waals surface area contributed by atoms with Gasteiger partial charge in [0.15, 0.2) is 0 Å². The molecule has 0 spiro atoms. The third-order valence-corrected chi connectivity index (χ3v) is 1.33. The molecule has 0 aromatic heterocycles. The van der Waals surface area contributed by atoms with Gasteiger partial charge in [0.2, 0.25) is 5.91 Å². The lowest BCUT2D eigenvalue weighted by Gasteiger charge is -1.98. The highest BCUT2D eigenvalue weighted by molar-refractivity contribution is 6.18. The second-order valence-electron chi connectivity index (χ2n) is 2.18. The van der Waals surface area contributed by atoms with Crippen LogP contribution in [0.15, 0.2) is 12.2 Å². The van der Waals surface area contributed by atoms with Crippen LogP contribution in [0.1, 0.15) is 19.8 Å². The lowest BCUT2D eigenvalue weighted by Crippen LogP contribution is -2.22. The Labute approximate surface area is 72.6 Å². The zero-order valence-corrected chi connectivity index (χ0v) is 7.53. The van der Waals surface area contributed by atoms with Crippen LogP contribution in [0, 0.1) is 0 Å². The van der Waals surface area contributed by atoms with Crippen LogP contribution < -0.4 is 5.32 Å². The van der Waals surface area contributed by atoms with Gasteiger partial charge in [0.1, 0.15) is 0 Å². The Morgan fingerprint density at radius 3 is 2.82 bits per heavy atom. The van der Waals surface area contributed by atoms with Crippen molar-refractivity contribution in [3.8, 4) is 0 Å². The van der Waals surface area contributed by atoms with E-state index in [0.717, 1.165) is 6.42 Å². The number of rotatable bonds is 5. The molecule has 1 N–H and O–H groups in total. The molecule has 0 atom stereocenters. The molecule has 64 valence electrons. The molecule has 11 heavy (non-hydrogen) atoms. The van der Waals surface area contributed by atoms with Crippen LogP contribution in [-0.2, 0) is 4.79 Å². The molecule has 0 aliphatic rings. The summed E-state index contributed by atoms with van der Waals surface area (Å²) in [5, 5.41) is 2.73. The van der Waals surface area contributed by atoms with Crippen molar-refractivity contribution in [1.82, 2.24) is 5.32 Å². The molecule has 0 aromatic carbocycles. The number of carbonyl (C=O) groups excluding carboxylic acids is 1. The molecule has 2 nitrogen and oxygen atoms in total. The molecule has 3 heteroatoms. The maximum Gasteiger partial charge on any atom is 0.220 e. The highest BCUT2D eigenvalue weighted by Crippen LogP contribution is 1.85. The molecular formula is C8H14ClNO. The average molecular weight is 176 g/mol. The molecule has 0 fully saturated rings. The molecule has 1 amide bonds.